The number of thioether (sulfide) groups is 1. The first kappa shape index (κ1) is 16.9. The summed E-state index contributed by atoms with van der Waals surface area (Å²) < 4.78 is 39.1. The fraction of sp³-hybridized carbons (Fsp3) is 0.667. The van der Waals surface area contributed by atoms with E-state index in [9.17, 15) is 18.0 Å². The monoisotopic (exact) mass is 310 g/mol. The van der Waals surface area contributed by atoms with Gasteiger partial charge in [0.05, 0.1) is 12.2 Å². The second kappa shape index (κ2) is 6.51. The average molecular weight is 310 g/mol. The smallest absolute Gasteiger partial charge is 0.391 e. The lowest BCUT2D eigenvalue weighted by Crippen LogP contribution is -2.19. The van der Waals surface area contributed by atoms with Crippen LogP contribution in [0.15, 0.2) is 11.4 Å². The lowest BCUT2D eigenvalue weighted by molar-refractivity contribution is -0.142. The minimum absolute atomic E-state index is 0.0114. The van der Waals surface area contributed by atoms with Gasteiger partial charge in [0.15, 0.2) is 5.16 Å². The van der Waals surface area contributed by atoms with E-state index in [-0.39, 0.29) is 11.7 Å². The Labute approximate surface area is 119 Å². The summed E-state index contributed by atoms with van der Waals surface area (Å²) in [6, 6.07) is -0.814. The predicted octanol–water partition coefficient (Wildman–Crippen LogP) is 3.70. The summed E-state index contributed by atoms with van der Waals surface area (Å²) in [6.07, 6.45) is -3.72. The molecule has 1 rings (SSSR count). The first-order chi connectivity index (χ1) is 9.11. The molecule has 1 aromatic heterocycles. The Hall–Kier alpha value is -1.18. The van der Waals surface area contributed by atoms with Gasteiger partial charge in [0.1, 0.15) is 0 Å². The van der Waals surface area contributed by atoms with Crippen molar-refractivity contribution in [3.05, 3.63) is 11.9 Å². The third-order valence-corrected chi connectivity index (χ3v) is 3.63. The molecule has 0 bridgehead atoms. The molecule has 0 aliphatic carbocycles. The summed E-state index contributed by atoms with van der Waals surface area (Å²) in [7, 11) is 0. The van der Waals surface area contributed by atoms with E-state index in [1.54, 1.807) is 0 Å². The Balaban J connectivity index is 3.05. The van der Waals surface area contributed by atoms with Gasteiger partial charge in [-0.05, 0) is 12.8 Å². The Morgan fingerprint density at radius 1 is 1.45 bits per heavy atom. The van der Waals surface area contributed by atoms with Crippen LogP contribution in [0.25, 0.3) is 0 Å². The predicted molar refractivity (Wildman–Crippen MR) is 70.1 cm³/mol. The van der Waals surface area contributed by atoms with Gasteiger partial charge < -0.3 is 9.67 Å². The van der Waals surface area contributed by atoms with Crippen molar-refractivity contribution in [2.75, 3.05) is 5.75 Å². The Bertz CT molecular complexity index is 472. The Morgan fingerprint density at radius 3 is 2.50 bits per heavy atom. The minimum Gasteiger partial charge on any atom is -0.481 e. The van der Waals surface area contributed by atoms with Crippen LogP contribution in [0.2, 0.25) is 0 Å². The van der Waals surface area contributed by atoms with Crippen molar-refractivity contribution in [2.45, 2.75) is 50.5 Å². The van der Waals surface area contributed by atoms with Crippen molar-refractivity contribution < 1.29 is 23.1 Å². The van der Waals surface area contributed by atoms with Gasteiger partial charge in [0, 0.05) is 17.9 Å². The van der Waals surface area contributed by atoms with E-state index in [1.165, 1.54) is 17.7 Å². The highest BCUT2D eigenvalue weighted by molar-refractivity contribution is 7.99. The molecular weight excluding hydrogens is 293 g/mol. The van der Waals surface area contributed by atoms with E-state index in [0.717, 1.165) is 11.8 Å². The molecule has 1 unspecified atom stereocenters. The standard InChI is InChI=1S/C12H17F3N2O2S/c1-7(2)9-5-16-11(20-6-10(18)19)17(9)8(3)4-12(13,14)15/h5,7-8H,4,6H2,1-3H3,(H,18,19). The highest BCUT2D eigenvalue weighted by atomic mass is 32.2. The lowest BCUT2D eigenvalue weighted by Gasteiger charge is -2.21. The lowest BCUT2D eigenvalue weighted by atomic mass is 10.1. The number of carboxylic acid groups (broad SMARTS) is 1. The molecule has 0 amide bonds. The van der Waals surface area contributed by atoms with Crippen LogP contribution in [0.1, 0.15) is 44.8 Å². The average Bonchev–Trinajstić information content (AvgIpc) is 2.67. The van der Waals surface area contributed by atoms with E-state index in [1.807, 2.05) is 13.8 Å². The van der Waals surface area contributed by atoms with E-state index >= 15 is 0 Å². The summed E-state index contributed by atoms with van der Waals surface area (Å²) >= 11 is 0.933. The SMILES string of the molecule is CC(C)c1cnc(SCC(=O)O)n1C(C)CC(F)(F)F. The van der Waals surface area contributed by atoms with Crippen molar-refractivity contribution in [1.29, 1.82) is 0 Å². The maximum absolute atomic E-state index is 12.5. The quantitative estimate of drug-likeness (QED) is 0.814. The molecule has 1 heterocycles. The van der Waals surface area contributed by atoms with Crippen LogP contribution in [0.5, 0.6) is 0 Å². The molecule has 0 spiro atoms. The number of alkyl halides is 3. The van der Waals surface area contributed by atoms with Gasteiger partial charge >= 0.3 is 12.1 Å². The van der Waals surface area contributed by atoms with Gasteiger partial charge in [0.2, 0.25) is 0 Å². The van der Waals surface area contributed by atoms with Gasteiger partial charge in [-0.3, -0.25) is 4.79 Å². The molecule has 4 nitrogen and oxygen atoms in total. The number of aliphatic carboxylic acids is 1. The van der Waals surface area contributed by atoms with Gasteiger partial charge in [-0.25, -0.2) is 4.98 Å². The Kier molecular flexibility index (Phi) is 5.50. The number of carbonyl (C=O) groups is 1. The highest BCUT2D eigenvalue weighted by Gasteiger charge is 2.32. The molecule has 114 valence electrons. The van der Waals surface area contributed by atoms with E-state index in [2.05, 4.69) is 4.98 Å². The molecule has 20 heavy (non-hydrogen) atoms. The number of nitrogens with zero attached hydrogens (tertiary/aromatic N) is 2. The summed E-state index contributed by atoms with van der Waals surface area (Å²) in [5.74, 6) is -1.25. The summed E-state index contributed by atoms with van der Waals surface area (Å²) in [4.78, 5) is 14.6. The molecule has 0 saturated carbocycles. The summed E-state index contributed by atoms with van der Waals surface area (Å²) in [5, 5.41) is 8.98. The largest absolute Gasteiger partial charge is 0.481 e. The number of carboxylic acids is 1. The summed E-state index contributed by atoms with van der Waals surface area (Å²) in [6.45, 7) is 5.19. The molecule has 0 radical (unpaired) electrons. The molecular formula is C12H17F3N2O2S. The third-order valence-electron chi connectivity index (χ3n) is 2.68. The zero-order chi connectivity index (χ0) is 15.5. The van der Waals surface area contributed by atoms with Crippen molar-refractivity contribution in [3.63, 3.8) is 0 Å². The highest BCUT2D eigenvalue weighted by Crippen LogP contribution is 2.33. The maximum Gasteiger partial charge on any atom is 0.391 e. The topological polar surface area (TPSA) is 55.1 Å². The molecule has 0 aliphatic heterocycles. The number of halogens is 3. The second-order valence-electron chi connectivity index (χ2n) is 4.84. The number of rotatable bonds is 6. The van der Waals surface area contributed by atoms with Crippen molar-refractivity contribution in [3.8, 4) is 0 Å². The van der Waals surface area contributed by atoms with Crippen LogP contribution in [0.3, 0.4) is 0 Å². The van der Waals surface area contributed by atoms with Gasteiger partial charge in [-0.2, -0.15) is 13.2 Å². The van der Waals surface area contributed by atoms with Crippen LogP contribution in [-0.4, -0.2) is 32.6 Å². The zero-order valence-corrected chi connectivity index (χ0v) is 12.3. The minimum atomic E-state index is -4.27. The normalized spacial score (nSPS) is 13.8. The molecule has 1 aromatic rings. The van der Waals surface area contributed by atoms with Crippen LogP contribution < -0.4 is 0 Å². The molecule has 0 aromatic carbocycles. The molecule has 1 N–H and O–H groups in total. The molecule has 8 heteroatoms. The molecule has 0 fully saturated rings. The first-order valence-electron chi connectivity index (χ1n) is 6.10. The van der Waals surface area contributed by atoms with E-state index in [0.29, 0.717) is 10.9 Å². The van der Waals surface area contributed by atoms with Crippen LogP contribution >= 0.6 is 11.8 Å². The molecule has 1 atom stereocenters. The van der Waals surface area contributed by atoms with E-state index in [4.69, 9.17) is 5.11 Å². The number of hydrogen-bond acceptors (Lipinski definition) is 3. The molecule has 0 aliphatic rings. The van der Waals surface area contributed by atoms with Gasteiger partial charge in [0.25, 0.3) is 0 Å². The molecule has 0 saturated heterocycles. The maximum atomic E-state index is 12.5. The second-order valence-corrected chi connectivity index (χ2v) is 5.78. The number of hydrogen-bond donors (Lipinski definition) is 1. The van der Waals surface area contributed by atoms with Crippen molar-refractivity contribution >= 4 is 17.7 Å². The van der Waals surface area contributed by atoms with Crippen LogP contribution in [0, 0.1) is 0 Å². The van der Waals surface area contributed by atoms with Crippen LogP contribution in [0.4, 0.5) is 13.2 Å². The van der Waals surface area contributed by atoms with Gasteiger partial charge in [-0.15, -0.1) is 0 Å². The van der Waals surface area contributed by atoms with Crippen LogP contribution in [-0.2, 0) is 4.79 Å². The third kappa shape index (κ3) is 4.73. The van der Waals surface area contributed by atoms with Gasteiger partial charge in [-0.1, -0.05) is 25.6 Å². The zero-order valence-electron chi connectivity index (χ0n) is 11.4. The van der Waals surface area contributed by atoms with Crippen molar-refractivity contribution in [1.82, 2.24) is 9.55 Å². The number of aromatic nitrogens is 2. The fourth-order valence-electron chi connectivity index (χ4n) is 1.89. The first-order valence-corrected chi connectivity index (χ1v) is 7.09. The fourth-order valence-corrected chi connectivity index (χ4v) is 2.69. The Morgan fingerprint density at radius 2 is 2.05 bits per heavy atom. The number of imidazole rings is 1. The summed E-state index contributed by atoms with van der Waals surface area (Å²) in [5.41, 5.74) is 0.676. The van der Waals surface area contributed by atoms with E-state index < -0.39 is 24.6 Å². The van der Waals surface area contributed by atoms with Crippen molar-refractivity contribution in [2.24, 2.45) is 0 Å².